The molecule has 1 aromatic heterocycles. The smallest absolute Gasteiger partial charge is 0.129 e. The lowest BCUT2D eigenvalue weighted by Crippen LogP contribution is -2.43. The van der Waals surface area contributed by atoms with Gasteiger partial charge in [-0.2, -0.15) is 0 Å². The first-order valence-electron chi connectivity index (χ1n) is 7.38. The summed E-state index contributed by atoms with van der Waals surface area (Å²) >= 11 is 5.82. The first-order valence-corrected chi connectivity index (χ1v) is 7.76. The van der Waals surface area contributed by atoms with E-state index in [0.29, 0.717) is 5.15 Å². The largest absolute Gasteiger partial charge is 0.300 e. The fourth-order valence-electron chi connectivity index (χ4n) is 3.31. The molecular formula is C15H22ClN3. The molecule has 1 aromatic rings. The Morgan fingerprint density at radius 3 is 2.47 bits per heavy atom. The highest BCUT2D eigenvalue weighted by Gasteiger charge is 2.26. The quantitative estimate of drug-likeness (QED) is 0.793. The Balaban J connectivity index is 1.48. The Labute approximate surface area is 120 Å². The fourth-order valence-corrected chi connectivity index (χ4v) is 3.42. The lowest BCUT2D eigenvalue weighted by molar-refractivity contribution is 0.122. The fraction of sp³-hybridized carbons (Fsp3) is 0.667. The molecule has 0 amide bonds. The van der Waals surface area contributed by atoms with Gasteiger partial charge in [0, 0.05) is 18.8 Å². The van der Waals surface area contributed by atoms with Crippen molar-refractivity contribution in [3.05, 3.63) is 29.0 Å². The minimum atomic E-state index is 0.580. The van der Waals surface area contributed by atoms with Crippen LogP contribution in [0.1, 0.15) is 31.2 Å². The number of piperidine rings is 1. The molecule has 3 rings (SSSR count). The van der Waals surface area contributed by atoms with E-state index in [0.717, 1.165) is 12.6 Å². The van der Waals surface area contributed by atoms with E-state index in [-0.39, 0.29) is 0 Å². The van der Waals surface area contributed by atoms with Crippen LogP contribution in [0.4, 0.5) is 0 Å². The Bertz CT molecular complexity index is 392. The summed E-state index contributed by atoms with van der Waals surface area (Å²) in [5.41, 5.74) is 1.27. The van der Waals surface area contributed by atoms with Gasteiger partial charge in [-0.1, -0.05) is 17.7 Å². The van der Waals surface area contributed by atoms with Crippen LogP contribution in [0.25, 0.3) is 0 Å². The zero-order valence-corrected chi connectivity index (χ0v) is 12.1. The van der Waals surface area contributed by atoms with E-state index in [1.165, 1.54) is 57.4 Å². The number of rotatable bonds is 3. The van der Waals surface area contributed by atoms with Crippen molar-refractivity contribution in [1.29, 1.82) is 0 Å². The third-order valence-electron chi connectivity index (χ3n) is 4.41. The van der Waals surface area contributed by atoms with Crippen LogP contribution in [0.3, 0.4) is 0 Å². The highest BCUT2D eigenvalue weighted by Crippen LogP contribution is 2.22. The monoisotopic (exact) mass is 279 g/mol. The molecule has 2 aliphatic rings. The van der Waals surface area contributed by atoms with Crippen molar-refractivity contribution in [3.63, 3.8) is 0 Å². The molecule has 2 aliphatic heterocycles. The maximum Gasteiger partial charge on any atom is 0.129 e. The molecule has 2 fully saturated rings. The maximum absolute atomic E-state index is 5.82. The predicted molar refractivity (Wildman–Crippen MR) is 78.4 cm³/mol. The number of hydrogen-bond acceptors (Lipinski definition) is 3. The van der Waals surface area contributed by atoms with Crippen molar-refractivity contribution < 1.29 is 0 Å². The molecule has 0 unspecified atom stereocenters. The summed E-state index contributed by atoms with van der Waals surface area (Å²) < 4.78 is 0. The van der Waals surface area contributed by atoms with Gasteiger partial charge in [-0.3, -0.25) is 4.90 Å². The third-order valence-corrected chi connectivity index (χ3v) is 4.63. The third kappa shape index (κ3) is 3.47. The molecule has 0 N–H and O–H groups in total. The second kappa shape index (κ2) is 6.21. The topological polar surface area (TPSA) is 19.4 Å². The van der Waals surface area contributed by atoms with Crippen LogP contribution in [0.2, 0.25) is 5.15 Å². The van der Waals surface area contributed by atoms with Crippen LogP contribution in [0.5, 0.6) is 0 Å². The maximum atomic E-state index is 5.82. The Hall–Kier alpha value is -0.640. The van der Waals surface area contributed by atoms with Gasteiger partial charge >= 0.3 is 0 Å². The zero-order valence-electron chi connectivity index (χ0n) is 11.4. The molecule has 104 valence electrons. The highest BCUT2D eigenvalue weighted by atomic mass is 35.5. The van der Waals surface area contributed by atoms with E-state index < -0.39 is 0 Å². The number of hydrogen-bond donors (Lipinski definition) is 0. The summed E-state index contributed by atoms with van der Waals surface area (Å²) in [6, 6.07) is 4.80. The summed E-state index contributed by atoms with van der Waals surface area (Å²) in [6.45, 7) is 6.09. The van der Waals surface area contributed by atoms with Crippen LogP contribution in [-0.2, 0) is 6.54 Å². The lowest BCUT2D eigenvalue weighted by atomic mass is 10.0. The van der Waals surface area contributed by atoms with E-state index in [2.05, 4.69) is 20.9 Å². The van der Waals surface area contributed by atoms with Gasteiger partial charge in [-0.05, 0) is 63.5 Å². The van der Waals surface area contributed by atoms with Crippen LogP contribution in [-0.4, -0.2) is 47.0 Å². The highest BCUT2D eigenvalue weighted by molar-refractivity contribution is 6.29. The molecule has 19 heavy (non-hydrogen) atoms. The number of likely N-dealkylation sites (tertiary alicyclic amines) is 2. The molecule has 0 spiro atoms. The standard InChI is InChI=1S/C15H22ClN3/c16-15-4-3-13(11-17-15)12-18-9-5-14(6-10-18)19-7-1-2-8-19/h3-4,11,14H,1-2,5-10,12H2. The van der Waals surface area contributed by atoms with Gasteiger partial charge in [0.25, 0.3) is 0 Å². The normalized spacial score (nSPS) is 23.0. The van der Waals surface area contributed by atoms with Gasteiger partial charge in [-0.15, -0.1) is 0 Å². The first kappa shape index (κ1) is 13.3. The molecule has 0 aliphatic carbocycles. The van der Waals surface area contributed by atoms with Crippen molar-refractivity contribution in [2.24, 2.45) is 0 Å². The van der Waals surface area contributed by atoms with Gasteiger partial charge in [0.05, 0.1) is 0 Å². The van der Waals surface area contributed by atoms with Crippen molar-refractivity contribution >= 4 is 11.6 Å². The molecule has 0 atom stereocenters. The van der Waals surface area contributed by atoms with Crippen molar-refractivity contribution in [2.75, 3.05) is 26.2 Å². The van der Waals surface area contributed by atoms with Crippen molar-refractivity contribution in [1.82, 2.24) is 14.8 Å². The van der Waals surface area contributed by atoms with Gasteiger partial charge in [0.1, 0.15) is 5.15 Å². The lowest BCUT2D eigenvalue weighted by Gasteiger charge is -2.36. The first-order chi connectivity index (χ1) is 9.31. The van der Waals surface area contributed by atoms with Crippen LogP contribution >= 0.6 is 11.6 Å². The van der Waals surface area contributed by atoms with E-state index in [1.807, 2.05) is 12.3 Å². The summed E-state index contributed by atoms with van der Waals surface area (Å²) in [7, 11) is 0. The SMILES string of the molecule is Clc1ccc(CN2CCC(N3CCCC3)CC2)cn1. The van der Waals surface area contributed by atoms with Gasteiger partial charge in [0.2, 0.25) is 0 Å². The van der Waals surface area contributed by atoms with Crippen LogP contribution in [0, 0.1) is 0 Å². The van der Waals surface area contributed by atoms with E-state index in [4.69, 9.17) is 11.6 Å². The molecule has 3 nitrogen and oxygen atoms in total. The Morgan fingerprint density at radius 2 is 1.84 bits per heavy atom. The molecule has 4 heteroatoms. The minimum absolute atomic E-state index is 0.580. The van der Waals surface area contributed by atoms with Gasteiger partial charge < -0.3 is 4.90 Å². The number of pyridine rings is 1. The predicted octanol–water partition coefficient (Wildman–Crippen LogP) is 2.80. The molecule has 0 radical (unpaired) electrons. The number of halogens is 1. The Morgan fingerprint density at radius 1 is 1.11 bits per heavy atom. The number of nitrogens with zero attached hydrogens (tertiary/aromatic N) is 3. The molecule has 0 bridgehead atoms. The van der Waals surface area contributed by atoms with E-state index in [9.17, 15) is 0 Å². The summed E-state index contributed by atoms with van der Waals surface area (Å²) in [5, 5.41) is 0.580. The molecule has 0 aromatic carbocycles. The molecule has 0 saturated carbocycles. The van der Waals surface area contributed by atoms with E-state index in [1.54, 1.807) is 0 Å². The van der Waals surface area contributed by atoms with Crippen LogP contribution in [0.15, 0.2) is 18.3 Å². The second-order valence-electron chi connectivity index (χ2n) is 5.74. The average molecular weight is 280 g/mol. The van der Waals surface area contributed by atoms with Crippen molar-refractivity contribution in [3.8, 4) is 0 Å². The van der Waals surface area contributed by atoms with Gasteiger partial charge in [0.15, 0.2) is 0 Å². The zero-order chi connectivity index (χ0) is 13.1. The summed E-state index contributed by atoms with van der Waals surface area (Å²) in [5.74, 6) is 0. The van der Waals surface area contributed by atoms with Gasteiger partial charge in [-0.25, -0.2) is 4.98 Å². The second-order valence-corrected chi connectivity index (χ2v) is 6.13. The average Bonchev–Trinajstić information content (AvgIpc) is 2.96. The summed E-state index contributed by atoms with van der Waals surface area (Å²) in [6.07, 6.45) is 7.34. The van der Waals surface area contributed by atoms with Crippen LogP contribution < -0.4 is 0 Å². The van der Waals surface area contributed by atoms with Crippen molar-refractivity contribution in [2.45, 2.75) is 38.3 Å². The Kier molecular flexibility index (Phi) is 4.36. The van der Waals surface area contributed by atoms with E-state index >= 15 is 0 Å². The minimum Gasteiger partial charge on any atom is -0.300 e. The molecular weight excluding hydrogens is 258 g/mol. The summed E-state index contributed by atoms with van der Waals surface area (Å²) in [4.78, 5) is 9.39. The number of aromatic nitrogens is 1. The molecule has 3 heterocycles. The molecule has 2 saturated heterocycles.